The summed E-state index contributed by atoms with van der Waals surface area (Å²) in [4.78, 5) is 9.65. The second-order valence-electron chi connectivity index (χ2n) is 4.76. The van der Waals surface area contributed by atoms with Gasteiger partial charge in [-0.3, -0.25) is 0 Å². The van der Waals surface area contributed by atoms with E-state index in [1.54, 1.807) is 6.92 Å². The van der Waals surface area contributed by atoms with Crippen molar-refractivity contribution in [3.63, 3.8) is 0 Å². The molecule has 0 heterocycles. The Morgan fingerprint density at radius 2 is 1.43 bits per heavy atom. The van der Waals surface area contributed by atoms with Crippen molar-refractivity contribution in [2.24, 2.45) is 5.18 Å². The van der Waals surface area contributed by atoms with Gasteiger partial charge in [-0.2, -0.15) is 4.91 Å². The van der Waals surface area contributed by atoms with Crippen molar-refractivity contribution >= 4 is 20.0 Å². The molecule has 0 saturated carbocycles. The molecule has 23 heavy (non-hydrogen) atoms. The molecule has 0 bridgehead atoms. The molecule has 130 valence electrons. The number of hydrogen-bond acceptors (Lipinski definition) is 7. The molecule has 9 nitrogen and oxygen atoms in total. The van der Waals surface area contributed by atoms with Crippen LogP contribution < -0.4 is 9.44 Å². The average Bonchev–Trinajstić information content (AvgIpc) is 2.44. The number of nitroso groups, excluding NO2 is 1. The summed E-state index contributed by atoms with van der Waals surface area (Å²) in [6, 6.07) is 2.50. The summed E-state index contributed by atoms with van der Waals surface area (Å²) in [5, 5.41) is 11.3. The van der Waals surface area contributed by atoms with Gasteiger partial charge in [-0.05, 0) is 31.0 Å². The van der Waals surface area contributed by atoms with E-state index >= 15 is 0 Å². The molecule has 0 aliphatic carbocycles. The first-order valence-electron chi connectivity index (χ1n) is 6.66. The van der Waals surface area contributed by atoms with Gasteiger partial charge < -0.3 is 5.11 Å². The van der Waals surface area contributed by atoms with E-state index in [-0.39, 0.29) is 36.0 Å². The summed E-state index contributed by atoms with van der Waals surface area (Å²) in [6.45, 7) is 2.12. The van der Waals surface area contributed by atoms with Gasteiger partial charge >= 0.3 is 0 Å². The third-order valence-corrected chi connectivity index (χ3v) is 6.16. The van der Waals surface area contributed by atoms with E-state index in [9.17, 15) is 21.7 Å². The smallest absolute Gasteiger partial charge is 0.240 e. The van der Waals surface area contributed by atoms with Gasteiger partial charge in [0.15, 0.2) is 0 Å². The van der Waals surface area contributed by atoms with Gasteiger partial charge in [0.05, 0.1) is 22.9 Å². The van der Waals surface area contributed by atoms with E-state index in [0.717, 1.165) is 6.07 Å². The lowest BCUT2D eigenvalue weighted by Gasteiger charge is -2.14. The predicted octanol–water partition coefficient (Wildman–Crippen LogP) is -0.381. The van der Waals surface area contributed by atoms with Crippen LogP contribution in [0.25, 0.3) is 0 Å². The van der Waals surface area contributed by atoms with E-state index in [2.05, 4.69) is 14.6 Å². The maximum Gasteiger partial charge on any atom is 0.240 e. The fourth-order valence-electron chi connectivity index (χ4n) is 1.95. The SMILES string of the molecule is Cc1cc(C)c(S(=O)(=O)NCCN=O)cc1S(=O)(=O)NCCO. The highest BCUT2D eigenvalue weighted by Crippen LogP contribution is 2.23. The summed E-state index contributed by atoms with van der Waals surface area (Å²) in [5.41, 5.74) is 0.747. The minimum atomic E-state index is -3.97. The van der Waals surface area contributed by atoms with Crippen LogP contribution in [0.5, 0.6) is 0 Å². The number of benzene rings is 1. The van der Waals surface area contributed by atoms with Gasteiger partial charge in [0.25, 0.3) is 0 Å². The van der Waals surface area contributed by atoms with Gasteiger partial charge in [-0.1, -0.05) is 11.2 Å². The lowest BCUT2D eigenvalue weighted by molar-refractivity contribution is 0.301. The van der Waals surface area contributed by atoms with Crippen molar-refractivity contribution in [2.45, 2.75) is 23.6 Å². The predicted molar refractivity (Wildman–Crippen MR) is 84.0 cm³/mol. The Hall–Kier alpha value is -1.40. The lowest BCUT2D eigenvalue weighted by Crippen LogP contribution is -2.29. The molecule has 0 atom stereocenters. The van der Waals surface area contributed by atoms with Crippen LogP contribution >= 0.6 is 0 Å². The quantitative estimate of drug-likeness (QED) is 0.402. The first-order chi connectivity index (χ1) is 10.7. The Morgan fingerprint density at radius 3 is 1.87 bits per heavy atom. The van der Waals surface area contributed by atoms with E-state index in [4.69, 9.17) is 5.11 Å². The Kier molecular flexibility index (Phi) is 6.77. The number of nitrogens with zero attached hydrogens (tertiary/aromatic N) is 1. The Labute approximate surface area is 135 Å². The Morgan fingerprint density at radius 1 is 0.957 bits per heavy atom. The average molecular weight is 365 g/mol. The van der Waals surface area contributed by atoms with Crippen molar-refractivity contribution in [1.29, 1.82) is 0 Å². The lowest BCUT2D eigenvalue weighted by atomic mass is 10.2. The number of nitrogens with one attached hydrogen (secondary N) is 2. The van der Waals surface area contributed by atoms with Crippen LogP contribution in [0.2, 0.25) is 0 Å². The van der Waals surface area contributed by atoms with Gasteiger partial charge in [0.2, 0.25) is 20.0 Å². The summed E-state index contributed by atoms with van der Waals surface area (Å²) in [7, 11) is -7.92. The zero-order valence-corrected chi connectivity index (χ0v) is 14.4. The van der Waals surface area contributed by atoms with E-state index in [0.29, 0.717) is 11.1 Å². The van der Waals surface area contributed by atoms with Crippen LogP contribution in [0.15, 0.2) is 27.1 Å². The molecular weight excluding hydrogens is 346 g/mol. The third-order valence-electron chi connectivity index (χ3n) is 2.95. The van der Waals surface area contributed by atoms with Crippen LogP contribution in [0, 0.1) is 18.8 Å². The highest BCUT2D eigenvalue weighted by Gasteiger charge is 2.23. The van der Waals surface area contributed by atoms with E-state index < -0.39 is 20.0 Å². The molecule has 1 aromatic carbocycles. The number of aliphatic hydroxyl groups is 1. The molecule has 0 aliphatic heterocycles. The summed E-state index contributed by atoms with van der Waals surface area (Å²) >= 11 is 0. The molecule has 0 unspecified atom stereocenters. The van der Waals surface area contributed by atoms with Gasteiger partial charge in [-0.15, -0.1) is 0 Å². The summed E-state index contributed by atoms with van der Waals surface area (Å²) < 4.78 is 53.1. The minimum Gasteiger partial charge on any atom is -0.395 e. The van der Waals surface area contributed by atoms with Crippen LogP contribution in [0.1, 0.15) is 11.1 Å². The molecule has 1 rings (SSSR count). The third kappa shape index (κ3) is 5.04. The molecule has 0 fully saturated rings. The number of rotatable bonds is 9. The number of aliphatic hydroxyl groups excluding tert-OH is 1. The largest absolute Gasteiger partial charge is 0.395 e. The standard InChI is InChI=1S/C12H19N3O6S2/c1-9-7-10(2)12(23(20,21)15-5-6-16)8-11(9)22(18,19)14-4-3-13-17/h7-8,14-16H,3-6H2,1-2H3. The first-order valence-corrected chi connectivity index (χ1v) is 9.63. The molecule has 0 radical (unpaired) electrons. The van der Waals surface area contributed by atoms with Crippen molar-refractivity contribution in [3.05, 3.63) is 28.2 Å². The number of aryl methyl sites for hydroxylation is 2. The van der Waals surface area contributed by atoms with Crippen LogP contribution in [0.3, 0.4) is 0 Å². The topological polar surface area (TPSA) is 142 Å². The number of sulfonamides is 2. The molecule has 3 N–H and O–H groups in total. The fourth-order valence-corrected chi connectivity index (χ4v) is 4.57. The molecule has 0 aliphatic rings. The van der Waals surface area contributed by atoms with Crippen LogP contribution in [-0.4, -0.2) is 48.2 Å². The van der Waals surface area contributed by atoms with Crippen molar-refractivity contribution in [1.82, 2.24) is 9.44 Å². The molecule has 1 aromatic rings. The van der Waals surface area contributed by atoms with E-state index in [1.807, 2.05) is 0 Å². The Balaban J connectivity index is 3.31. The monoisotopic (exact) mass is 365 g/mol. The van der Waals surface area contributed by atoms with E-state index in [1.165, 1.54) is 13.0 Å². The van der Waals surface area contributed by atoms with Gasteiger partial charge in [-0.25, -0.2) is 26.3 Å². The van der Waals surface area contributed by atoms with Crippen molar-refractivity contribution in [2.75, 3.05) is 26.2 Å². The molecule has 0 spiro atoms. The summed E-state index contributed by atoms with van der Waals surface area (Å²) in [5.74, 6) is 0. The normalized spacial score (nSPS) is 12.3. The summed E-state index contributed by atoms with van der Waals surface area (Å²) in [6.07, 6.45) is 0. The highest BCUT2D eigenvalue weighted by atomic mass is 32.2. The second kappa shape index (κ2) is 7.93. The highest BCUT2D eigenvalue weighted by molar-refractivity contribution is 7.90. The zero-order chi connectivity index (χ0) is 17.7. The van der Waals surface area contributed by atoms with Crippen molar-refractivity contribution < 1.29 is 21.9 Å². The maximum atomic E-state index is 12.2. The van der Waals surface area contributed by atoms with Crippen molar-refractivity contribution in [3.8, 4) is 0 Å². The molecular formula is C12H19N3O6S2. The van der Waals surface area contributed by atoms with Crippen LogP contribution in [-0.2, 0) is 20.0 Å². The molecule has 0 aromatic heterocycles. The second-order valence-corrected chi connectivity index (χ2v) is 8.23. The fraction of sp³-hybridized carbons (Fsp3) is 0.500. The van der Waals surface area contributed by atoms with Gasteiger partial charge in [0, 0.05) is 13.1 Å². The van der Waals surface area contributed by atoms with Gasteiger partial charge in [0.1, 0.15) is 0 Å². The Bertz CT molecular complexity index is 774. The number of hydrogen-bond donors (Lipinski definition) is 3. The minimum absolute atomic E-state index is 0.177. The maximum absolute atomic E-state index is 12.2. The molecule has 0 saturated heterocycles. The molecule has 0 amide bonds. The molecule has 11 heteroatoms. The first kappa shape index (κ1) is 19.6. The zero-order valence-electron chi connectivity index (χ0n) is 12.7. The van der Waals surface area contributed by atoms with Crippen LogP contribution in [0.4, 0.5) is 0 Å².